The van der Waals surface area contributed by atoms with Gasteiger partial charge in [0.1, 0.15) is 11.9 Å². The van der Waals surface area contributed by atoms with Crippen molar-refractivity contribution in [1.82, 2.24) is 4.98 Å². The number of ketones is 1. The number of fused-ring (bicyclic) bond motifs is 2. The Labute approximate surface area is 232 Å². The lowest BCUT2D eigenvalue weighted by Crippen LogP contribution is -2.23. The molecule has 0 fully saturated rings. The second-order valence-electron chi connectivity index (χ2n) is 12.2. The zero-order chi connectivity index (χ0) is 27.7. The van der Waals surface area contributed by atoms with E-state index in [1.54, 1.807) is 0 Å². The molecule has 5 nitrogen and oxygen atoms in total. The fourth-order valence-electron chi connectivity index (χ4n) is 6.19. The van der Waals surface area contributed by atoms with Crippen LogP contribution < -0.4 is 5.32 Å². The summed E-state index contributed by atoms with van der Waals surface area (Å²) in [7, 11) is 0. The SMILES string of the molecule is Cc1c2c(c(C#N)c(Nc3ccc4[nH]ccc4c3C)c1/C1=C/CCCC(C(=O)CCOC(C)(C)C)CCC1)C2. The van der Waals surface area contributed by atoms with Gasteiger partial charge >= 0.3 is 0 Å². The first kappa shape index (κ1) is 27.2. The highest BCUT2D eigenvalue weighted by Crippen LogP contribution is 2.47. The predicted molar refractivity (Wildman–Crippen MR) is 160 cm³/mol. The molecular formula is C34H41N3O2. The number of nitrogens with one attached hydrogen (secondary N) is 2. The van der Waals surface area contributed by atoms with E-state index in [0.717, 1.165) is 67.4 Å². The van der Waals surface area contributed by atoms with E-state index in [1.165, 1.54) is 38.8 Å². The zero-order valence-corrected chi connectivity index (χ0v) is 24.1. The average molecular weight is 524 g/mol. The Bertz CT molecular complexity index is 1480. The van der Waals surface area contributed by atoms with E-state index in [1.807, 2.05) is 27.0 Å². The van der Waals surface area contributed by atoms with Crippen molar-refractivity contribution < 1.29 is 9.53 Å². The topological polar surface area (TPSA) is 77.9 Å². The van der Waals surface area contributed by atoms with Gasteiger partial charge in [0, 0.05) is 40.7 Å². The molecule has 2 aliphatic carbocycles. The summed E-state index contributed by atoms with van der Waals surface area (Å²) in [5.74, 6) is 0.451. The van der Waals surface area contributed by atoms with Gasteiger partial charge in [-0.3, -0.25) is 4.79 Å². The zero-order valence-electron chi connectivity index (χ0n) is 24.1. The summed E-state index contributed by atoms with van der Waals surface area (Å²) in [5, 5.41) is 15.1. The Morgan fingerprint density at radius 2 is 1.92 bits per heavy atom. The first-order valence-electron chi connectivity index (χ1n) is 14.5. The molecule has 1 heterocycles. The molecule has 0 radical (unpaired) electrons. The second kappa shape index (κ2) is 11.0. The third-order valence-corrected chi connectivity index (χ3v) is 8.40. The Hall–Kier alpha value is -3.36. The van der Waals surface area contributed by atoms with Crippen LogP contribution in [0, 0.1) is 31.1 Å². The van der Waals surface area contributed by atoms with Gasteiger partial charge < -0.3 is 15.0 Å². The number of nitrogens with zero attached hydrogens (tertiary/aromatic N) is 1. The van der Waals surface area contributed by atoms with Gasteiger partial charge in [-0.25, -0.2) is 0 Å². The number of aromatic nitrogens is 1. The van der Waals surface area contributed by atoms with Gasteiger partial charge in [-0.15, -0.1) is 0 Å². The van der Waals surface area contributed by atoms with Crippen molar-refractivity contribution in [2.24, 2.45) is 5.92 Å². The minimum atomic E-state index is -0.215. The fourth-order valence-corrected chi connectivity index (χ4v) is 6.19. The van der Waals surface area contributed by atoms with Crippen LogP contribution in [0.1, 0.15) is 99.1 Å². The Morgan fingerprint density at radius 1 is 1.13 bits per heavy atom. The highest BCUT2D eigenvalue weighted by atomic mass is 16.5. The summed E-state index contributed by atoms with van der Waals surface area (Å²) >= 11 is 0. The maximum atomic E-state index is 13.0. The number of allylic oxidation sites excluding steroid dienone is 2. The largest absolute Gasteiger partial charge is 0.375 e. The normalized spacial score (nSPS) is 18.8. The number of rotatable bonds is 7. The minimum absolute atomic E-state index is 0.110. The molecule has 2 aromatic carbocycles. The van der Waals surface area contributed by atoms with Crippen molar-refractivity contribution in [1.29, 1.82) is 5.26 Å². The quantitative estimate of drug-likeness (QED) is 0.255. The van der Waals surface area contributed by atoms with E-state index in [2.05, 4.69) is 54.5 Å². The number of hydrogen-bond donors (Lipinski definition) is 2. The standard InChI is InChI=1S/C34H41N3O2/c1-21-25-15-17-36-30(25)14-13-29(21)37-33-28(20-35)27-19-26(27)22(2)32(33)24-10-7-6-9-23(11-8-12-24)31(38)16-18-39-34(3,4)5/h10,13-15,17,23,36-37H,6-9,11-12,16,18-19H2,1-5H3/b24-10+. The molecule has 0 saturated heterocycles. The van der Waals surface area contributed by atoms with E-state index in [0.29, 0.717) is 18.8 Å². The van der Waals surface area contributed by atoms with Gasteiger partial charge in [0.05, 0.1) is 23.5 Å². The van der Waals surface area contributed by atoms with E-state index in [4.69, 9.17) is 4.74 Å². The van der Waals surface area contributed by atoms with Crippen LogP contribution in [0.3, 0.4) is 0 Å². The number of benzene rings is 2. The van der Waals surface area contributed by atoms with Crippen LogP contribution in [0.2, 0.25) is 0 Å². The van der Waals surface area contributed by atoms with E-state index >= 15 is 0 Å². The molecule has 0 spiro atoms. The second-order valence-corrected chi connectivity index (χ2v) is 12.2. The number of nitriles is 1. The first-order chi connectivity index (χ1) is 18.7. The third-order valence-electron chi connectivity index (χ3n) is 8.40. The van der Waals surface area contributed by atoms with E-state index < -0.39 is 0 Å². The number of aromatic amines is 1. The number of ether oxygens (including phenoxy) is 1. The molecule has 39 heavy (non-hydrogen) atoms. The lowest BCUT2D eigenvalue weighted by Gasteiger charge is -2.21. The van der Waals surface area contributed by atoms with Crippen molar-refractivity contribution in [2.45, 2.75) is 91.6 Å². The summed E-state index contributed by atoms with van der Waals surface area (Å²) in [6, 6.07) is 8.85. The van der Waals surface area contributed by atoms with Gasteiger partial charge in [0.2, 0.25) is 0 Å². The molecule has 1 aromatic heterocycles. The van der Waals surface area contributed by atoms with Crippen LogP contribution in [0.15, 0.2) is 30.5 Å². The summed E-state index contributed by atoms with van der Waals surface area (Å²) in [4.78, 5) is 16.3. The maximum absolute atomic E-state index is 13.0. The van der Waals surface area contributed by atoms with Gasteiger partial charge in [0.15, 0.2) is 0 Å². The Balaban J connectivity index is 1.40. The molecule has 3 aromatic rings. The smallest absolute Gasteiger partial charge is 0.138 e. The molecule has 2 aliphatic rings. The lowest BCUT2D eigenvalue weighted by molar-refractivity contribution is -0.125. The van der Waals surface area contributed by atoms with E-state index in [9.17, 15) is 10.1 Å². The van der Waals surface area contributed by atoms with Crippen LogP contribution in [0.4, 0.5) is 11.4 Å². The third kappa shape index (κ3) is 5.82. The highest BCUT2D eigenvalue weighted by molar-refractivity contribution is 5.93. The molecule has 204 valence electrons. The molecule has 0 bridgehead atoms. The molecule has 5 heteroatoms. The van der Waals surface area contributed by atoms with Crippen molar-refractivity contribution in [3.05, 3.63) is 63.9 Å². The molecular weight excluding hydrogens is 482 g/mol. The number of anilines is 2. The summed E-state index contributed by atoms with van der Waals surface area (Å²) in [6.45, 7) is 10.9. The van der Waals surface area contributed by atoms with Crippen LogP contribution >= 0.6 is 0 Å². The number of carbonyl (C=O) groups excluding carboxylic acids is 1. The highest BCUT2D eigenvalue weighted by Gasteiger charge is 2.32. The van der Waals surface area contributed by atoms with Gasteiger partial charge in [0.25, 0.3) is 0 Å². The van der Waals surface area contributed by atoms with Gasteiger partial charge in [-0.1, -0.05) is 6.08 Å². The molecule has 1 atom stereocenters. The number of H-pyrrole nitrogens is 1. The van der Waals surface area contributed by atoms with Crippen molar-refractivity contribution in [2.75, 3.05) is 11.9 Å². The summed E-state index contributed by atoms with van der Waals surface area (Å²) in [5.41, 5.74) is 11.2. The maximum Gasteiger partial charge on any atom is 0.138 e. The van der Waals surface area contributed by atoms with Crippen molar-refractivity contribution in [3.63, 3.8) is 0 Å². The molecule has 0 saturated carbocycles. The molecule has 5 rings (SSSR count). The van der Waals surface area contributed by atoms with Crippen LogP contribution in [0.5, 0.6) is 0 Å². The predicted octanol–water partition coefficient (Wildman–Crippen LogP) is 8.43. The van der Waals surface area contributed by atoms with Crippen LogP contribution in [-0.2, 0) is 16.0 Å². The monoisotopic (exact) mass is 523 g/mol. The first-order valence-corrected chi connectivity index (χ1v) is 14.5. The van der Waals surface area contributed by atoms with E-state index in [-0.39, 0.29) is 11.5 Å². The Morgan fingerprint density at radius 3 is 2.69 bits per heavy atom. The van der Waals surface area contributed by atoms with Crippen LogP contribution in [0.25, 0.3) is 16.5 Å². The Kier molecular flexibility index (Phi) is 7.69. The van der Waals surface area contributed by atoms with Crippen LogP contribution in [-0.4, -0.2) is 23.0 Å². The van der Waals surface area contributed by atoms with Crippen molar-refractivity contribution >= 4 is 33.6 Å². The molecule has 0 amide bonds. The minimum Gasteiger partial charge on any atom is -0.375 e. The lowest BCUT2D eigenvalue weighted by atomic mass is 9.89. The number of hydrogen-bond acceptors (Lipinski definition) is 4. The summed E-state index contributed by atoms with van der Waals surface area (Å²) < 4.78 is 5.82. The van der Waals surface area contributed by atoms with Gasteiger partial charge in [-0.2, -0.15) is 5.26 Å². The van der Waals surface area contributed by atoms with Crippen molar-refractivity contribution in [3.8, 4) is 6.07 Å². The number of aryl methyl sites for hydroxylation is 1. The molecule has 2 N–H and O–H groups in total. The molecule has 1 unspecified atom stereocenters. The fraction of sp³-hybridized carbons (Fsp3) is 0.471. The number of carbonyl (C=O) groups is 1. The molecule has 0 aliphatic heterocycles. The summed E-state index contributed by atoms with van der Waals surface area (Å²) in [6.07, 6.45) is 11.4. The number of Topliss-reactive ketones (excluding diaryl/α,β-unsaturated/α-hetero) is 1. The average Bonchev–Trinajstić information content (AvgIpc) is 3.50. The van der Waals surface area contributed by atoms with Gasteiger partial charge in [-0.05, 0) is 126 Å².